The molecule has 6 nitrogen and oxygen atoms in total. The molecule has 16 heavy (non-hydrogen) atoms. The molecule has 0 saturated carbocycles. The number of amides is 1. The van der Waals surface area contributed by atoms with Crippen molar-refractivity contribution in [2.24, 2.45) is 5.73 Å². The highest BCUT2D eigenvalue weighted by Crippen LogP contribution is 2.19. The molecule has 1 amide bonds. The summed E-state index contributed by atoms with van der Waals surface area (Å²) in [4.78, 5) is 22.0. The molecule has 1 fully saturated rings. The third kappa shape index (κ3) is 3.46. The van der Waals surface area contributed by atoms with Crippen LogP contribution in [0.3, 0.4) is 0 Å². The average molecular weight is 230 g/mol. The molecule has 1 aliphatic rings. The Morgan fingerprint density at radius 1 is 1.50 bits per heavy atom. The minimum atomic E-state index is -0.951. The minimum Gasteiger partial charge on any atom is -0.479 e. The highest BCUT2D eigenvalue weighted by Gasteiger charge is 2.31. The molecule has 0 radical (unpaired) electrons. The maximum absolute atomic E-state index is 11.4. The van der Waals surface area contributed by atoms with E-state index in [1.165, 1.54) is 0 Å². The fourth-order valence-corrected chi connectivity index (χ4v) is 1.47. The molecule has 0 bridgehead atoms. The van der Waals surface area contributed by atoms with Crippen LogP contribution in [0.1, 0.15) is 26.7 Å². The van der Waals surface area contributed by atoms with E-state index >= 15 is 0 Å². The summed E-state index contributed by atoms with van der Waals surface area (Å²) >= 11 is 0. The van der Waals surface area contributed by atoms with Crippen LogP contribution in [0.2, 0.25) is 0 Å². The number of ether oxygens (including phenoxy) is 1. The molecule has 4 N–H and O–H groups in total. The lowest BCUT2D eigenvalue weighted by Crippen LogP contribution is -2.50. The monoisotopic (exact) mass is 230 g/mol. The van der Waals surface area contributed by atoms with Crippen LogP contribution in [0.4, 0.5) is 0 Å². The van der Waals surface area contributed by atoms with Crippen molar-refractivity contribution in [3.63, 3.8) is 0 Å². The van der Waals surface area contributed by atoms with Crippen molar-refractivity contribution in [1.82, 2.24) is 5.32 Å². The summed E-state index contributed by atoms with van der Waals surface area (Å²) in [6, 6.07) is 0. The number of aliphatic carboxylic acids is 1. The zero-order valence-electron chi connectivity index (χ0n) is 9.53. The van der Waals surface area contributed by atoms with Gasteiger partial charge in [0.1, 0.15) is 0 Å². The van der Waals surface area contributed by atoms with Crippen LogP contribution in [0.15, 0.2) is 0 Å². The number of rotatable bonds is 4. The van der Waals surface area contributed by atoms with Crippen LogP contribution in [-0.4, -0.2) is 41.3 Å². The number of nitrogens with two attached hydrogens (primary N) is 1. The Bertz CT molecular complexity index is 285. The molecule has 2 unspecified atom stereocenters. The quantitative estimate of drug-likeness (QED) is 0.602. The normalized spacial score (nSPS) is 25.4. The summed E-state index contributed by atoms with van der Waals surface area (Å²) in [7, 11) is 0. The standard InChI is InChI=1S/C10H18N2O4/c1-10(2,11)9(15)12-5-6-3-4-7(16-6)8(13)14/h6-7H,3-5,11H2,1-2H3,(H,12,15)(H,13,14). The SMILES string of the molecule is CC(C)(N)C(=O)NCC1CCC(C(=O)O)O1. The molecule has 0 aromatic heterocycles. The van der Waals surface area contributed by atoms with Gasteiger partial charge in [-0.25, -0.2) is 4.79 Å². The number of hydrogen-bond acceptors (Lipinski definition) is 4. The van der Waals surface area contributed by atoms with Crippen LogP contribution in [-0.2, 0) is 14.3 Å². The molecular formula is C10H18N2O4. The molecule has 0 spiro atoms. The van der Waals surface area contributed by atoms with E-state index in [0.29, 0.717) is 19.4 Å². The van der Waals surface area contributed by atoms with E-state index in [4.69, 9.17) is 15.6 Å². The van der Waals surface area contributed by atoms with Crippen LogP contribution in [0, 0.1) is 0 Å². The Kier molecular flexibility index (Phi) is 3.88. The first-order valence-corrected chi connectivity index (χ1v) is 5.26. The Balaban J connectivity index is 2.31. The summed E-state index contributed by atoms with van der Waals surface area (Å²) in [6.07, 6.45) is 0.157. The molecule has 1 heterocycles. The van der Waals surface area contributed by atoms with E-state index < -0.39 is 17.6 Å². The van der Waals surface area contributed by atoms with E-state index in [1.807, 2.05) is 0 Å². The predicted molar refractivity (Wildman–Crippen MR) is 56.8 cm³/mol. The Hall–Kier alpha value is -1.14. The average Bonchev–Trinajstić information content (AvgIpc) is 2.60. The Labute approximate surface area is 94.1 Å². The third-order valence-corrected chi connectivity index (χ3v) is 2.46. The van der Waals surface area contributed by atoms with Gasteiger partial charge in [-0.3, -0.25) is 4.79 Å². The fraction of sp³-hybridized carbons (Fsp3) is 0.800. The van der Waals surface area contributed by atoms with Crippen LogP contribution < -0.4 is 11.1 Å². The zero-order valence-corrected chi connectivity index (χ0v) is 9.53. The summed E-state index contributed by atoms with van der Waals surface area (Å²) in [5.74, 6) is -1.22. The van der Waals surface area contributed by atoms with Gasteiger partial charge in [0.2, 0.25) is 5.91 Å². The molecule has 6 heteroatoms. The number of nitrogens with one attached hydrogen (secondary N) is 1. The first-order chi connectivity index (χ1) is 7.30. The molecule has 1 aliphatic heterocycles. The van der Waals surface area contributed by atoms with Gasteiger partial charge in [-0.15, -0.1) is 0 Å². The number of carboxylic acid groups (broad SMARTS) is 1. The smallest absolute Gasteiger partial charge is 0.332 e. The first kappa shape index (κ1) is 12.9. The molecule has 0 aromatic carbocycles. The molecule has 1 rings (SSSR count). The molecule has 2 atom stereocenters. The predicted octanol–water partition coefficient (Wildman–Crippen LogP) is -0.528. The summed E-state index contributed by atoms with van der Waals surface area (Å²) in [6.45, 7) is 3.53. The van der Waals surface area contributed by atoms with Crippen molar-refractivity contribution in [2.45, 2.75) is 44.4 Å². The molecule has 0 aliphatic carbocycles. The van der Waals surface area contributed by atoms with Crippen molar-refractivity contribution in [3.05, 3.63) is 0 Å². The largest absolute Gasteiger partial charge is 0.479 e. The van der Waals surface area contributed by atoms with Crippen molar-refractivity contribution >= 4 is 11.9 Å². The van der Waals surface area contributed by atoms with E-state index in [0.717, 1.165) is 0 Å². The van der Waals surface area contributed by atoms with Crippen molar-refractivity contribution < 1.29 is 19.4 Å². The van der Waals surface area contributed by atoms with Gasteiger partial charge < -0.3 is 20.9 Å². The zero-order chi connectivity index (χ0) is 12.3. The van der Waals surface area contributed by atoms with E-state index in [9.17, 15) is 9.59 Å². The summed E-state index contributed by atoms with van der Waals surface area (Å²) in [5.41, 5.74) is 4.67. The van der Waals surface area contributed by atoms with Gasteiger partial charge >= 0.3 is 5.97 Å². The highest BCUT2D eigenvalue weighted by molar-refractivity contribution is 5.85. The number of carboxylic acids is 1. The van der Waals surface area contributed by atoms with Gasteiger partial charge in [0.05, 0.1) is 11.6 Å². The fourth-order valence-electron chi connectivity index (χ4n) is 1.47. The molecular weight excluding hydrogens is 212 g/mol. The van der Waals surface area contributed by atoms with Crippen LogP contribution in [0.25, 0.3) is 0 Å². The van der Waals surface area contributed by atoms with Gasteiger partial charge in [0, 0.05) is 6.54 Å². The molecule has 0 aromatic rings. The van der Waals surface area contributed by atoms with Crippen molar-refractivity contribution in [2.75, 3.05) is 6.54 Å². The lowest BCUT2D eigenvalue weighted by Gasteiger charge is -2.19. The maximum Gasteiger partial charge on any atom is 0.332 e. The van der Waals surface area contributed by atoms with E-state index in [1.54, 1.807) is 13.8 Å². The van der Waals surface area contributed by atoms with Gasteiger partial charge in [-0.1, -0.05) is 0 Å². The van der Waals surface area contributed by atoms with Crippen LogP contribution >= 0.6 is 0 Å². The number of hydrogen-bond donors (Lipinski definition) is 3. The Morgan fingerprint density at radius 3 is 2.56 bits per heavy atom. The van der Waals surface area contributed by atoms with Crippen molar-refractivity contribution in [3.8, 4) is 0 Å². The lowest BCUT2D eigenvalue weighted by molar-refractivity contribution is -0.149. The molecule has 92 valence electrons. The van der Waals surface area contributed by atoms with Gasteiger partial charge in [0.25, 0.3) is 0 Å². The van der Waals surface area contributed by atoms with Gasteiger partial charge in [-0.05, 0) is 26.7 Å². The van der Waals surface area contributed by atoms with Crippen LogP contribution in [0.5, 0.6) is 0 Å². The first-order valence-electron chi connectivity index (χ1n) is 5.26. The second-order valence-corrected chi connectivity index (χ2v) is 4.59. The third-order valence-electron chi connectivity index (χ3n) is 2.46. The second kappa shape index (κ2) is 4.80. The topological polar surface area (TPSA) is 102 Å². The van der Waals surface area contributed by atoms with E-state index in [2.05, 4.69) is 5.32 Å². The molecule has 1 saturated heterocycles. The summed E-state index contributed by atoms with van der Waals surface area (Å²) in [5, 5.41) is 11.3. The van der Waals surface area contributed by atoms with Crippen molar-refractivity contribution in [1.29, 1.82) is 0 Å². The summed E-state index contributed by atoms with van der Waals surface area (Å²) < 4.78 is 5.23. The number of carbonyl (C=O) groups is 2. The van der Waals surface area contributed by atoms with E-state index in [-0.39, 0.29) is 12.0 Å². The maximum atomic E-state index is 11.4. The van der Waals surface area contributed by atoms with Gasteiger partial charge in [-0.2, -0.15) is 0 Å². The lowest BCUT2D eigenvalue weighted by atomic mass is 10.1. The second-order valence-electron chi connectivity index (χ2n) is 4.59. The Morgan fingerprint density at radius 2 is 2.12 bits per heavy atom. The van der Waals surface area contributed by atoms with Gasteiger partial charge in [0.15, 0.2) is 6.10 Å². The highest BCUT2D eigenvalue weighted by atomic mass is 16.5. The number of carbonyl (C=O) groups excluding carboxylic acids is 1. The minimum absolute atomic E-state index is 0.229.